The first-order valence-corrected chi connectivity index (χ1v) is 9.90. The van der Waals surface area contributed by atoms with Crippen molar-refractivity contribution in [3.63, 3.8) is 0 Å². The number of rotatable bonds is 14. The van der Waals surface area contributed by atoms with Crippen LogP contribution in [0.3, 0.4) is 0 Å². The molecular formula is C20H33N3O3. The molecule has 0 fully saturated rings. The van der Waals surface area contributed by atoms with Crippen molar-refractivity contribution in [3.8, 4) is 6.01 Å². The van der Waals surface area contributed by atoms with Crippen LogP contribution < -0.4 is 4.74 Å². The highest BCUT2D eigenvalue weighted by Crippen LogP contribution is 2.28. The standard InChI is InChI=1S/C20H33N3O3/c1-5-9-11-16(7-3)18(13-24)25-19(17(8-4)12-10-6-2)26-20-22-14-21-15-23-20/h14-17,19H,5-12H2,1-4H3. The van der Waals surface area contributed by atoms with E-state index in [1.54, 1.807) is 0 Å². The molecule has 6 nitrogen and oxygen atoms in total. The molecule has 0 aliphatic rings. The second-order valence-electron chi connectivity index (χ2n) is 6.55. The van der Waals surface area contributed by atoms with Crippen LogP contribution >= 0.6 is 0 Å². The summed E-state index contributed by atoms with van der Waals surface area (Å²) in [5.74, 6) is 2.60. The Morgan fingerprint density at radius 1 is 1.04 bits per heavy atom. The van der Waals surface area contributed by atoms with Crippen LogP contribution in [0.25, 0.3) is 0 Å². The molecule has 0 aromatic carbocycles. The molecule has 0 bridgehead atoms. The molecule has 146 valence electrons. The molecule has 1 heterocycles. The minimum atomic E-state index is -0.596. The van der Waals surface area contributed by atoms with Crippen LogP contribution in [0.15, 0.2) is 18.4 Å². The Morgan fingerprint density at radius 2 is 1.69 bits per heavy atom. The fourth-order valence-electron chi connectivity index (χ4n) is 2.91. The van der Waals surface area contributed by atoms with E-state index in [4.69, 9.17) is 9.47 Å². The highest BCUT2D eigenvalue weighted by Gasteiger charge is 2.28. The van der Waals surface area contributed by atoms with Gasteiger partial charge < -0.3 is 9.47 Å². The minimum Gasteiger partial charge on any atom is -0.447 e. The maximum Gasteiger partial charge on any atom is 0.322 e. The molecule has 0 amide bonds. The average Bonchev–Trinajstić information content (AvgIpc) is 2.68. The highest BCUT2D eigenvalue weighted by atomic mass is 16.7. The monoisotopic (exact) mass is 363 g/mol. The van der Waals surface area contributed by atoms with E-state index in [9.17, 15) is 4.79 Å². The summed E-state index contributed by atoms with van der Waals surface area (Å²) in [4.78, 5) is 23.5. The Morgan fingerprint density at radius 3 is 2.23 bits per heavy atom. The molecule has 0 saturated heterocycles. The molecule has 1 rings (SSSR count). The first-order valence-electron chi connectivity index (χ1n) is 9.90. The van der Waals surface area contributed by atoms with Crippen LogP contribution in [-0.4, -0.2) is 27.2 Å². The molecule has 0 radical (unpaired) electrons. The van der Waals surface area contributed by atoms with E-state index < -0.39 is 6.29 Å². The molecule has 0 N–H and O–H groups in total. The topological polar surface area (TPSA) is 74.2 Å². The summed E-state index contributed by atoms with van der Waals surface area (Å²) in [6, 6.07) is 0.215. The number of ether oxygens (including phenoxy) is 2. The molecule has 0 spiro atoms. The zero-order valence-corrected chi connectivity index (χ0v) is 16.6. The van der Waals surface area contributed by atoms with Gasteiger partial charge in [-0.15, -0.1) is 0 Å². The van der Waals surface area contributed by atoms with E-state index in [2.05, 4.69) is 42.6 Å². The Kier molecular flexibility index (Phi) is 11.3. The third kappa shape index (κ3) is 7.52. The van der Waals surface area contributed by atoms with Crippen molar-refractivity contribution in [1.29, 1.82) is 0 Å². The first-order chi connectivity index (χ1) is 12.7. The Labute approximate surface area is 157 Å². The lowest BCUT2D eigenvalue weighted by Gasteiger charge is -2.28. The van der Waals surface area contributed by atoms with Gasteiger partial charge in [0.25, 0.3) is 0 Å². The van der Waals surface area contributed by atoms with Crippen LogP contribution in [0.2, 0.25) is 0 Å². The van der Waals surface area contributed by atoms with Crippen LogP contribution in [0.5, 0.6) is 6.01 Å². The van der Waals surface area contributed by atoms with Crippen LogP contribution in [0.4, 0.5) is 0 Å². The summed E-state index contributed by atoms with van der Waals surface area (Å²) in [6.45, 7) is 8.47. The Hall–Kier alpha value is -1.94. The largest absolute Gasteiger partial charge is 0.447 e. The number of nitrogens with zero attached hydrogens (tertiary/aromatic N) is 3. The minimum absolute atomic E-state index is 0.0700. The van der Waals surface area contributed by atoms with Gasteiger partial charge in [-0.2, -0.15) is 9.97 Å². The number of aromatic nitrogens is 3. The lowest BCUT2D eigenvalue weighted by molar-refractivity contribution is -0.0993. The van der Waals surface area contributed by atoms with E-state index in [0.29, 0.717) is 5.76 Å². The number of allylic oxidation sites excluding steroid dienone is 1. The fraction of sp³-hybridized carbons (Fsp3) is 0.750. The average molecular weight is 364 g/mol. The van der Waals surface area contributed by atoms with Crippen LogP contribution in [0, 0.1) is 11.8 Å². The first kappa shape index (κ1) is 22.1. The molecule has 0 aliphatic heterocycles. The van der Waals surface area contributed by atoms with E-state index in [0.717, 1.165) is 51.4 Å². The van der Waals surface area contributed by atoms with Gasteiger partial charge in [-0.1, -0.05) is 53.4 Å². The maximum absolute atomic E-state index is 11.6. The van der Waals surface area contributed by atoms with Crippen molar-refractivity contribution >= 4 is 5.94 Å². The quantitative estimate of drug-likeness (QED) is 0.270. The zero-order chi connectivity index (χ0) is 19.2. The lowest BCUT2D eigenvalue weighted by Crippen LogP contribution is -2.32. The third-order valence-corrected chi connectivity index (χ3v) is 4.64. The summed E-state index contributed by atoms with van der Waals surface area (Å²) in [7, 11) is 0. The molecule has 1 aromatic heterocycles. The molecule has 26 heavy (non-hydrogen) atoms. The van der Waals surface area contributed by atoms with Gasteiger partial charge in [0.2, 0.25) is 6.29 Å². The molecular weight excluding hydrogens is 330 g/mol. The number of unbranched alkanes of at least 4 members (excludes halogenated alkanes) is 2. The van der Waals surface area contributed by atoms with Gasteiger partial charge >= 0.3 is 6.01 Å². The van der Waals surface area contributed by atoms with Crippen molar-refractivity contribution in [2.24, 2.45) is 11.8 Å². The SMILES string of the molecule is CCCCC(CC)C(=C=O)OC(Oc1ncncn1)C(CC)CCCC. The van der Waals surface area contributed by atoms with Crippen LogP contribution in [-0.2, 0) is 9.53 Å². The van der Waals surface area contributed by atoms with Crippen molar-refractivity contribution in [3.05, 3.63) is 18.4 Å². The van der Waals surface area contributed by atoms with Gasteiger partial charge in [-0.3, -0.25) is 0 Å². The van der Waals surface area contributed by atoms with Gasteiger partial charge in [0.15, 0.2) is 11.7 Å². The molecule has 3 atom stereocenters. The molecule has 0 saturated carbocycles. The van der Waals surface area contributed by atoms with E-state index >= 15 is 0 Å². The smallest absolute Gasteiger partial charge is 0.322 e. The normalized spacial score (nSPS) is 14.2. The maximum atomic E-state index is 11.6. The van der Waals surface area contributed by atoms with Crippen molar-refractivity contribution in [1.82, 2.24) is 15.0 Å². The second kappa shape index (κ2) is 13.3. The van der Waals surface area contributed by atoms with Crippen molar-refractivity contribution < 1.29 is 14.3 Å². The Balaban J connectivity index is 2.95. The summed E-state index contributed by atoms with van der Waals surface area (Å²) < 4.78 is 12.0. The Bertz CT molecular complexity index is 532. The number of hydrogen-bond donors (Lipinski definition) is 0. The zero-order valence-electron chi connectivity index (χ0n) is 16.6. The highest BCUT2D eigenvalue weighted by molar-refractivity contribution is 5.50. The summed E-state index contributed by atoms with van der Waals surface area (Å²) >= 11 is 0. The summed E-state index contributed by atoms with van der Waals surface area (Å²) in [5.41, 5.74) is 0. The molecule has 6 heteroatoms. The predicted octanol–water partition coefficient (Wildman–Crippen LogP) is 4.74. The van der Waals surface area contributed by atoms with Gasteiger partial charge in [0.1, 0.15) is 12.7 Å². The summed E-state index contributed by atoms with van der Waals surface area (Å²) in [6.07, 6.45) is 10.1. The van der Waals surface area contributed by atoms with Crippen molar-refractivity contribution in [2.45, 2.75) is 85.4 Å². The van der Waals surface area contributed by atoms with E-state index in [1.165, 1.54) is 12.7 Å². The second-order valence-corrected chi connectivity index (χ2v) is 6.55. The van der Waals surface area contributed by atoms with Crippen LogP contribution in [0.1, 0.15) is 79.1 Å². The van der Waals surface area contributed by atoms with Crippen molar-refractivity contribution in [2.75, 3.05) is 0 Å². The van der Waals surface area contributed by atoms with E-state index in [-0.39, 0.29) is 17.8 Å². The predicted molar refractivity (Wildman–Crippen MR) is 101 cm³/mol. The molecule has 0 aliphatic carbocycles. The van der Waals surface area contributed by atoms with Gasteiger partial charge in [-0.05, 0) is 25.7 Å². The van der Waals surface area contributed by atoms with Gasteiger partial charge in [0, 0.05) is 11.8 Å². The van der Waals surface area contributed by atoms with Gasteiger partial charge in [0.05, 0.1) is 0 Å². The summed E-state index contributed by atoms with van der Waals surface area (Å²) in [5, 5.41) is 0. The van der Waals surface area contributed by atoms with Gasteiger partial charge in [-0.25, -0.2) is 9.78 Å². The molecule has 1 aromatic rings. The number of carbonyl (C=O) groups excluding carboxylic acids is 1. The lowest BCUT2D eigenvalue weighted by atomic mass is 9.96. The number of hydrogen-bond acceptors (Lipinski definition) is 6. The third-order valence-electron chi connectivity index (χ3n) is 4.64. The fourth-order valence-corrected chi connectivity index (χ4v) is 2.91. The van der Waals surface area contributed by atoms with E-state index in [1.807, 2.05) is 5.94 Å². The molecule has 3 unspecified atom stereocenters.